The Hall–Kier alpha value is -1.82. The van der Waals surface area contributed by atoms with Crippen LogP contribution in [0.1, 0.15) is 59.4 Å². The third-order valence-electron chi connectivity index (χ3n) is 4.61. The van der Waals surface area contributed by atoms with Crippen LogP contribution in [0.25, 0.3) is 0 Å². The van der Waals surface area contributed by atoms with Crippen molar-refractivity contribution < 1.29 is 23.8 Å². The number of hydrogen-bond acceptors (Lipinski definition) is 4. The van der Waals surface area contributed by atoms with Crippen molar-refractivity contribution in [2.75, 3.05) is 19.7 Å². The largest absolute Gasteiger partial charge is 0.478 e. The third-order valence-corrected chi connectivity index (χ3v) is 4.61. The van der Waals surface area contributed by atoms with Crippen LogP contribution < -0.4 is 0 Å². The fraction of sp³-hybridized carbons (Fsp3) is 0.625. The van der Waals surface area contributed by atoms with Crippen LogP contribution in [0.4, 0.5) is 0 Å². The highest BCUT2D eigenvalue weighted by Gasteiger charge is 2.39. The minimum Gasteiger partial charge on any atom is -0.478 e. The lowest BCUT2D eigenvalue weighted by molar-refractivity contribution is -0.107. The summed E-state index contributed by atoms with van der Waals surface area (Å²) < 4.78 is 11.2. The quantitative estimate of drug-likeness (QED) is 0.908. The van der Waals surface area contributed by atoms with Crippen molar-refractivity contribution in [1.29, 1.82) is 0 Å². The number of carboxylic acid groups (broad SMARTS) is 1. The summed E-state index contributed by atoms with van der Waals surface area (Å²) in [5.41, 5.74) is -0.229. The van der Waals surface area contributed by atoms with Crippen LogP contribution in [-0.2, 0) is 4.74 Å². The van der Waals surface area contributed by atoms with E-state index < -0.39 is 5.97 Å². The zero-order valence-electron chi connectivity index (χ0n) is 12.5. The van der Waals surface area contributed by atoms with Crippen LogP contribution in [0.2, 0.25) is 0 Å². The number of amides is 1. The number of carbonyl (C=O) groups excluding carboxylic acids is 1. The highest BCUT2D eigenvalue weighted by Crippen LogP contribution is 2.33. The molecule has 1 aromatic heterocycles. The van der Waals surface area contributed by atoms with Gasteiger partial charge in [0.25, 0.3) is 5.91 Å². The Balaban J connectivity index is 1.73. The van der Waals surface area contributed by atoms with Gasteiger partial charge in [0.15, 0.2) is 5.76 Å². The number of hydrogen-bond donors (Lipinski definition) is 1. The Morgan fingerprint density at radius 3 is 2.55 bits per heavy atom. The molecule has 1 spiro atoms. The first-order valence-electron chi connectivity index (χ1n) is 7.85. The average Bonchev–Trinajstić information content (AvgIpc) is 2.91. The molecule has 22 heavy (non-hydrogen) atoms. The van der Waals surface area contributed by atoms with Crippen molar-refractivity contribution in [2.45, 2.75) is 44.1 Å². The number of carbonyl (C=O) groups is 2. The van der Waals surface area contributed by atoms with Gasteiger partial charge in [-0.25, -0.2) is 4.79 Å². The van der Waals surface area contributed by atoms with E-state index in [4.69, 9.17) is 14.3 Å². The summed E-state index contributed by atoms with van der Waals surface area (Å²) in [7, 11) is 0. The Morgan fingerprint density at radius 2 is 1.91 bits per heavy atom. The van der Waals surface area contributed by atoms with E-state index in [1.165, 1.54) is 18.9 Å². The Bertz CT molecular complexity index is 557. The van der Waals surface area contributed by atoms with Crippen LogP contribution in [0, 0.1) is 0 Å². The van der Waals surface area contributed by atoms with E-state index in [9.17, 15) is 9.59 Å². The molecular weight excluding hydrogens is 286 g/mol. The molecule has 1 saturated heterocycles. The van der Waals surface area contributed by atoms with Gasteiger partial charge in [-0.05, 0) is 12.8 Å². The number of aromatic carboxylic acids is 1. The average molecular weight is 307 g/mol. The topological polar surface area (TPSA) is 80.0 Å². The number of rotatable bonds is 2. The molecule has 1 saturated carbocycles. The molecule has 6 nitrogen and oxygen atoms in total. The molecule has 2 fully saturated rings. The lowest BCUT2D eigenvalue weighted by Gasteiger charge is -2.42. The van der Waals surface area contributed by atoms with Gasteiger partial charge in [0, 0.05) is 12.6 Å². The molecule has 1 aliphatic heterocycles. The van der Waals surface area contributed by atoms with Crippen molar-refractivity contribution in [3.05, 3.63) is 23.7 Å². The number of morpholine rings is 1. The molecule has 1 aromatic rings. The van der Waals surface area contributed by atoms with E-state index in [0.29, 0.717) is 19.7 Å². The van der Waals surface area contributed by atoms with Crippen molar-refractivity contribution in [3.63, 3.8) is 0 Å². The van der Waals surface area contributed by atoms with Gasteiger partial charge < -0.3 is 19.2 Å². The SMILES string of the molecule is O=C(O)c1coc(C(=O)N2CCOC3(CCCCCC3)C2)c1. The van der Waals surface area contributed by atoms with Crippen molar-refractivity contribution in [1.82, 2.24) is 4.90 Å². The van der Waals surface area contributed by atoms with Gasteiger partial charge in [-0.2, -0.15) is 0 Å². The van der Waals surface area contributed by atoms with Gasteiger partial charge in [-0.1, -0.05) is 25.7 Å². The standard InChI is InChI=1S/C16H21NO5/c18-14(13-9-12(10-21-13)15(19)20)17-7-8-22-16(11-17)5-3-1-2-4-6-16/h9-10H,1-8,11H2,(H,19,20). The predicted molar refractivity (Wildman–Crippen MR) is 78.0 cm³/mol. The van der Waals surface area contributed by atoms with E-state index in [1.807, 2.05) is 0 Å². The van der Waals surface area contributed by atoms with Crippen LogP contribution in [0.3, 0.4) is 0 Å². The Morgan fingerprint density at radius 1 is 1.18 bits per heavy atom. The zero-order chi connectivity index (χ0) is 15.6. The summed E-state index contributed by atoms with van der Waals surface area (Å²) in [6.45, 7) is 1.61. The molecule has 0 atom stereocenters. The van der Waals surface area contributed by atoms with Crippen LogP contribution in [0.5, 0.6) is 0 Å². The molecule has 0 bridgehead atoms. The predicted octanol–water partition coefficient (Wildman–Crippen LogP) is 2.54. The summed E-state index contributed by atoms with van der Waals surface area (Å²) in [6.07, 6.45) is 7.78. The monoisotopic (exact) mass is 307 g/mol. The van der Waals surface area contributed by atoms with Gasteiger partial charge >= 0.3 is 5.97 Å². The first-order valence-corrected chi connectivity index (χ1v) is 7.85. The van der Waals surface area contributed by atoms with Gasteiger partial charge in [-0.15, -0.1) is 0 Å². The maximum Gasteiger partial charge on any atom is 0.338 e. The number of furan rings is 1. The third kappa shape index (κ3) is 3.02. The second-order valence-electron chi connectivity index (χ2n) is 6.18. The minimum atomic E-state index is -1.09. The molecule has 120 valence electrons. The number of nitrogens with zero attached hydrogens (tertiary/aromatic N) is 1. The lowest BCUT2D eigenvalue weighted by Crippen LogP contribution is -2.53. The summed E-state index contributed by atoms with van der Waals surface area (Å²) in [5, 5.41) is 8.92. The van der Waals surface area contributed by atoms with Crippen molar-refractivity contribution in [3.8, 4) is 0 Å². The van der Waals surface area contributed by atoms with E-state index in [1.54, 1.807) is 4.90 Å². The second-order valence-corrected chi connectivity index (χ2v) is 6.18. The van der Waals surface area contributed by atoms with Gasteiger partial charge in [-0.3, -0.25) is 4.79 Å². The lowest BCUT2D eigenvalue weighted by atomic mass is 9.92. The minimum absolute atomic E-state index is 0.000731. The summed E-state index contributed by atoms with van der Waals surface area (Å²) >= 11 is 0. The Labute approximate surface area is 129 Å². The maximum absolute atomic E-state index is 12.5. The molecule has 0 unspecified atom stereocenters. The molecular formula is C16H21NO5. The fourth-order valence-electron chi connectivity index (χ4n) is 3.41. The van der Waals surface area contributed by atoms with Gasteiger partial charge in [0.1, 0.15) is 6.26 Å². The van der Waals surface area contributed by atoms with Crippen molar-refractivity contribution in [2.24, 2.45) is 0 Å². The number of carboxylic acids is 1. The summed E-state index contributed by atoms with van der Waals surface area (Å²) in [5.74, 6) is -1.26. The molecule has 2 aliphatic rings. The summed E-state index contributed by atoms with van der Waals surface area (Å²) in [4.78, 5) is 25.2. The fourth-order valence-corrected chi connectivity index (χ4v) is 3.41. The van der Waals surface area contributed by atoms with E-state index in [-0.39, 0.29) is 22.8 Å². The molecule has 0 radical (unpaired) electrons. The molecule has 1 amide bonds. The second kappa shape index (κ2) is 6.12. The smallest absolute Gasteiger partial charge is 0.338 e. The van der Waals surface area contributed by atoms with E-state index >= 15 is 0 Å². The molecule has 1 aliphatic carbocycles. The van der Waals surface area contributed by atoms with Crippen LogP contribution in [-0.4, -0.2) is 47.2 Å². The molecule has 0 aromatic carbocycles. The Kier molecular flexibility index (Phi) is 4.20. The summed E-state index contributed by atoms with van der Waals surface area (Å²) in [6, 6.07) is 1.29. The molecule has 6 heteroatoms. The normalized spacial score (nSPS) is 21.5. The van der Waals surface area contributed by atoms with Crippen LogP contribution in [0.15, 0.2) is 16.7 Å². The molecule has 3 rings (SSSR count). The van der Waals surface area contributed by atoms with Crippen molar-refractivity contribution >= 4 is 11.9 Å². The van der Waals surface area contributed by atoms with Crippen LogP contribution >= 0.6 is 0 Å². The highest BCUT2D eigenvalue weighted by molar-refractivity contribution is 5.95. The zero-order valence-corrected chi connectivity index (χ0v) is 12.5. The maximum atomic E-state index is 12.5. The van der Waals surface area contributed by atoms with Gasteiger partial charge in [0.2, 0.25) is 0 Å². The molecule has 2 heterocycles. The van der Waals surface area contributed by atoms with E-state index in [2.05, 4.69) is 0 Å². The van der Waals surface area contributed by atoms with E-state index in [0.717, 1.165) is 31.9 Å². The first-order chi connectivity index (χ1) is 10.6. The first kappa shape index (κ1) is 15.1. The van der Waals surface area contributed by atoms with Gasteiger partial charge in [0.05, 0.1) is 24.3 Å². The molecule has 1 N–H and O–H groups in total. The highest BCUT2D eigenvalue weighted by atomic mass is 16.5. The number of ether oxygens (including phenoxy) is 1.